The lowest BCUT2D eigenvalue weighted by Gasteiger charge is -2.31. The summed E-state index contributed by atoms with van der Waals surface area (Å²) in [5.41, 5.74) is 19.8. The fourth-order valence-corrected chi connectivity index (χ4v) is 8.52. The quantitative estimate of drug-likeness (QED) is 0.134. The molecule has 0 unspecified atom stereocenters. The van der Waals surface area contributed by atoms with Crippen LogP contribution < -0.4 is 4.90 Å². The van der Waals surface area contributed by atoms with Gasteiger partial charge in [-0.3, -0.25) is 0 Å². The molecule has 0 fully saturated rings. The first kappa shape index (κ1) is 37.3. The van der Waals surface area contributed by atoms with Gasteiger partial charge in [0.2, 0.25) is 0 Å². The van der Waals surface area contributed by atoms with E-state index >= 15 is 0 Å². The molecule has 288 valence electrons. The summed E-state index contributed by atoms with van der Waals surface area (Å²) in [4.78, 5) is 2.46. The van der Waals surface area contributed by atoms with Crippen LogP contribution in [0.2, 0.25) is 0 Å². The number of rotatable bonds is 10. The zero-order valence-electron chi connectivity index (χ0n) is 33.8. The van der Waals surface area contributed by atoms with Crippen LogP contribution in [0.25, 0.3) is 77.9 Å². The second kappa shape index (κ2) is 17.1. The SMILES string of the molecule is c1ccc(-c2ccc(-c3ccc(N(c4ccccc4-c4ccc(-c5ccccc5)cc4)c4cccc(-c5ccccc5)c4-c4ccccc4-c4ccccc4)cc3)cc2)cc1. The summed E-state index contributed by atoms with van der Waals surface area (Å²) in [6.45, 7) is 0. The number of benzene rings is 10. The van der Waals surface area contributed by atoms with Crippen molar-refractivity contribution in [3.05, 3.63) is 261 Å². The van der Waals surface area contributed by atoms with E-state index in [2.05, 4.69) is 266 Å². The number of hydrogen-bond donors (Lipinski definition) is 0. The first-order valence-corrected chi connectivity index (χ1v) is 20.9. The largest absolute Gasteiger partial charge is 0.309 e. The molecule has 1 nitrogen and oxygen atoms in total. The van der Waals surface area contributed by atoms with E-state index < -0.39 is 0 Å². The molecule has 0 aromatic heterocycles. The highest BCUT2D eigenvalue weighted by molar-refractivity contribution is 6.02. The normalized spacial score (nSPS) is 11.0. The van der Waals surface area contributed by atoms with Crippen LogP contribution in [0, 0.1) is 0 Å². The molecule has 0 saturated carbocycles. The van der Waals surface area contributed by atoms with Gasteiger partial charge >= 0.3 is 0 Å². The molecule has 0 spiro atoms. The molecule has 0 aliphatic heterocycles. The molecular weight excluding hydrogens is 735 g/mol. The number of nitrogens with zero attached hydrogens (tertiary/aromatic N) is 1. The van der Waals surface area contributed by atoms with Gasteiger partial charge in [-0.1, -0.05) is 237 Å². The average Bonchev–Trinajstić information content (AvgIpc) is 3.36. The maximum Gasteiger partial charge on any atom is 0.0546 e. The Hall–Kier alpha value is -8.00. The van der Waals surface area contributed by atoms with Gasteiger partial charge in [-0.2, -0.15) is 0 Å². The molecule has 0 atom stereocenters. The summed E-state index contributed by atoms with van der Waals surface area (Å²) in [5, 5.41) is 0. The van der Waals surface area contributed by atoms with E-state index in [0.717, 1.165) is 28.2 Å². The van der Waals surface area contributed by atoms with Crippen molar-refractivity contribution in [1.29, 1.82) is 0 Å². The topological polar surface area (TPSA) is 3.24 Å². The van der Waals surface area contributed by atoms with Gasteiger partial charge in [-0.15, -0.1) is 0 Å². The Kier molecular flexibility index (Phi) is 10.4. The van der Waals surface area contributed by atoms with Crippen molar-refractivity contribution in [2.75, 3.05) is 4.90 Å². The molecule has 0 amide bonds. The summed E-state index contributed by atoms with van der Waals surface area (Å²) in [5.74, 6) is 0. The monoisotopic (exact) mass is 777 g/mol. The number of anilines is 3. The standard InChI is InChI=1S/C60H43N/c1-5-18-44(19-6-1)46-32-34-48(35-33-46)49-40-42-53(43-41-49)61(58-30-16-15-27-55(58)52-38-36-47(37-39-52)45-20-7-2-8-21-45)59-31-17-29-56(51-24-11-4-12-25-51)60(59)57-28-14-13-26-54(57)50-22-9-3-10-23-50/h1-43H. The Morgan fingerprint density at radius 1 is 0.180 bits per heavy atom. The van der Waals surface area contributed by atoms with E-state index in [0.29, 0.717) is 0 Å². The zero-order valence-corrected chi connectivity index (χ0v) is 33.8. The number of para-hydroxylation sites is 1. The van der Waals surface area contributed by atoms with Gasteiger partial charge in [-0.05, 0) is 91.0 Å². The Morgan fingerprint density at radius 2 is 0.492 bits per heavy atom. The highest BCUT2D eigenvalue weighted by Crippen LogP contribution is 2.50. The van der Waals surface area contributed by atoms with Crippen LogP contribution >= 0.6 is 0 Å². The minimum absolute atomic E-state index is 1.07. The Morgan fingerprint density at radius 3 is 1.00 bits per heavy atom. The summed E-state index contributed by atoms with van der Waals surface area (Å²) in [6.07, 6.45) is 0. The number of hydrogen-bond acceptors (Lipinski definition) is 1. The van der Waals surface area contributed by atoms with E-state index in [9.17, 15) is 0 Å². The smallest absolute Gasteiger partial charge is 0.0546 e. The van der Waals surface area contributed by atoms with Crippen LogP contribution in [0.3, 0.4) is 0 Å². The fraction of sp³-hybridized carbons (Fsp3) is 0. The molecule has 10 rings (SSSR count). The van der Waals surface area contributed by atoms with Crippen LogP contribution in [0.4, 0.5) is 17.1 Å². The molecule has 0 N–H and O–H groups in total. The Labute approximate surface area is 359 Å². The molecule has 0 heterocycles. The van der Waals surface area contributed by atoms with Gasteiger partial charge in [0.15, 0.2) is 0 Å². The summed E-state index contributed by atoms with van der Waals surface area (Å²) in [7, 11) is 0. The van der Waals surface area contributed by atoms with Gasteiger partial charge < -0.3 is 4.90 Å². The Balaban J connectivity index is 1.17. The van der Waals surface area contributed by atoms with E-state index in [-0.39, 0.29) is 0 Å². The van der Waals surface area contributed by atoms with E-state index in [1.807, 2.05) is 0 Å². The summed E-state index contributed by atoms with van der Waals surface area (Å²) < 4.78 is 0. The van der Waals surface area contributed by atoms with E-state index in [1.54, 1.807) is 0 Å². The molecule has 10 aromatic rings. The highest BCUT2D eigenvalue weighted by atomic mass is 15.1. The molecule has 10 aromatic carbocycles. The van der Waals surface area contributed by atoms with Crippen LogP contribution in [0.1, 0.15) is 0 Å². The van der Waals surface area contributed by atoms with E-state index in [1.165, 1.54) is 66.8 Å². The average molecular weight is 778 g/mol. The maximum absolute atomic E-state index is 2.46. The molecule has 0 radical (unpaired) electrons. The first-order chi connectivity index (χ1) is 30.3. The van der Waals surface area contributed by atoms with Crippen molar-refractivity contribution in [1.82, 2.24) is 0 Å². The van der Waals surface area contributed by atoms with Crippen molar-refractivity contribution in [3.63, 3.8) is 0 Å². The lowest BCUT2D eigenvalue weighted by atomic mass is 9.87. The summed E-state index contributed by atoms with van der Waals surface area (Å²) >= 11 is 0. The molecular formula is C60H43N. The third-order valence-electron chi connectivity index (χ3n) is 11.5. The fourth-order valence-electron chi connectivity index (χ4n) is 8.52. The molecule has 0 saturated heterocycles. The van der Waals surface area contributed by atoms with Crippen molar-refractivity contribution < 1.29 is 0 Å². The lowest BCUT2D eigenvalue weighted by Crippen LogP contribution is -2.13. The van der Waals surface area contributed by atoms with E-state index in [4.69, 9.17) is 0 Å². The van der Waals surface area contributed by atoms with Gasteiger partial charge in [0, 0.05) is 16.8 Å². The first-order valence-electron chi connectivity index (χ1n) is 20.9. The van der Waals surface area contributed by atoms with Crippen molar-refractivity contribution in [3.8, 4) is 77.9 Å². The Bertz CT molecular complexity index is 3010. The maximum atomic E-state index is 2.46. The molecule has 61 heavy (non-hydrogen) atoms. The minimum atomic E-state index is 1.07. The second-order valence-electron chi connectivity index (χ2n) is 15.3. The van der Waals surface area contributed by atoms with Crippen LogP contribution in [-0.2, 0) is 0 Å². The van der Waals surface area contributed by atoms with Crippen molar-refractivity contribution in [2.45, 2.75) is 0 Å². The molecule has 1 heteroatoms. The van der Waals surface area contributed by atoms with Gasteiger partial charge in [0.05, 0.1) is 11.4 Å². The van der Waals surface area contributed by atoms with Crippen LogP contribution in [0.15, 0.2) is 261 Å². The summed E-state index contributed by atoms with van der Waals surface area (Å²) in [6, 6.07) is 94.1. The van der Waals surface area contributed by atoms with Gasteiger partial charge in [0.25, 0.3) is 0 Å². The molecule has 0 aliphatic rings. The van der Waals surface area contributed by atoms with Gasteiger partial charge in [-0.25, -0.2) is 0 Å². The highest BCUT2D eigenvalue weighted by Gasteiger charge is 2.24. The predicted octanol–water partition coefficient (Wildman–Crippen LogP) is 16.8. The lowest BCUT2D eigenvalue weighted by molar-refractivity contribution is 1.28. The predicted molar refractivity (Wildman–Crippen MR) is 259 cm³/mol. The van der Waals surface area contributed by atoms with Crippen LogP contribution in [-0.4, -0.2) is 0 Å². The third-order valence-corrected chi connectivity index (χ3v) is 11.5. The molecule has 0 aliphatic carbocycles. The van der Waals surface area contributed by atoms with Crippen LogP contribution in [0.5, 0.6) is 0 Å². The second-order valence-corrected chi connectivity index (χ2v) is 15.3. The third kappa shape index (κ3) is 7.69. The van der Waals surface area contributed by atoms with Crippen molar-refractivity contribution >= 4 is 17.1 Å². The minimum Gasteiger partial charge on any atom is -0.309 e. The van der Waals surface area contributed by atoms with Crippen molar-refractivity contribution in [2.24, 2.45) is 0 Å². The molecule has 0 bridgehead atoms. The zero-order chi connectivity index (χ0) is 40.8. The van der Waals surface area contributed by atoms with Gasteiger partial charge in [0.1, 0.15) is 0 Å².